The van der Waals surface area contributed by atoms with E-state index < -0.39 is 4.92 Å². The Balaban J connectivity index is 1.67. The zero-order chi connectivity index (χ0) is 15.5. The van der Waals surface area contributed by atoms with Crippen molar-refractivity contribution in [3.8, 4) is 0 Å². The lowest BCUT2D eigenvalue weighted by molar-refractivity contribution is -0.385. The molecule has 0 atom stereocenters. The maximum Gasteiger partial charge on any atom is 0.288 e. The summed E-state index contributed by atoms with van der Waals surface area (Å²) in [4.78, 5) is 17.5. The minimum absolute atomic E-state index is 0.0333. The number of aromatic amines is 1. The minimum atomic E-state index is -0.465. The summed E-state index contributed by atoms with van der Waals surface area (Å²) in [5.74, 6) is 0.602. The molecule has 0 aliphatic heterocycles. The van der Waals surface area contributed by atoms with Crippen molar-refractivity contribution in [1.82, 2.24) is 9.97 Å². The zero-order valence-corrected chi connectivity index (χ0v) is 13.1. The first-order valence-corrected chi connectivity index (χ1v) is 7.53. The SMILES string of the molecule is O=[N+]([O-])c1cnc(NCCc2c[nH]c3ccccc23)c(Br)c1. The highest BCUT2D eigenvalue weighted by molar-refractivity contribution is 9.10. The predicted octanol–water partition coefficient (Wildman–Crippen LogP) is 3.89. The Bertz CT molecular complexity index is 831. The molecule has 2 heterocycles. The monoisotopic (exact) mass is 360 g/mol. The molecular weight excluding hydrogens is 348 g/mol. The molecule has 2 aromatic heterocycles. The standard InChI is InChI=1S/C15H13BrN4O2/c16-13-7-11(20(21)22)9-19-15(13)17-6-5-10-8-18-14-4-2-1-3-12(10)14/h1-4,7-9,18H,5-6H2,(H,17,19). The van der Waals surface area contributed by atoms with Crippen LogP contribution in [0.3, 0.4) is 0 Å². The molecule has 1 aromatic carbocycles. The topological polar surface area (TPSA) is 83.8 Å². The van der Waals surface area contributed by atoms with E-state index in [4.69, 9.17) is 0 Å². The van der Waals surface area contributed by atoms with Gasteiger partial charge in [0.15, 0.2) is 0 Å². The third-order valence-corrected chi connectivity index (χ3v) is 4.00. The second-order valence-corrected chi connectivity index (χ2v) is 5.67. The number of benzene rings is 1. The fraction of sp³-hybridized carbons (Fsp3) is 0.133. The summed E-state index contributed by atoms with van der Waals surface area (Å²) in [5.41, 5.74) is 2.31. The molecule has 22 heavy (non-hydrogen) atoms. The molecule has 0 spiro atoms. The average Bonchev–Trinajstić information content (AvgIpc) is 2.92. The third kappa shape index (κ3) is 2.94. The molecule has 0 saturated heterocycles. The Morgan fingerprint density at radius 2 is 2.18 bits per heavy atom. The second kappa shape index (κ2) is 6.15. The molecule has 112 valence electrons. The summed E-state index contributed by atoms with van der Waals surface area (Å²) in [5, 5.41) is 15.1. The Morgan fingerprint density at radius 1 is 1.36 bits per heavy atom. The molecule has 3 rings (SSSR count). The highest BCUT2D eigenvalue weighted by atomic mass is 79.9. The van der Waals surface area contributed by atoms with Crippen LogP contribution < -0.4 is 5.32 Å². The Kier molecular flexibility index (Phi) is 4.06. The van der Waals surface area contributed by atoms with E-state index in [9.17, 15) is 10.1 Å². The number of hydrogen-bond donors (Lipinski definition) is 2. The van der Waals surface area contributed by atoms with Crippen molar-refractivity contribution in [3.05, 3.63) is 62.9 Å². The quantitative estimate of drug-likeness (QED) is 0.533. The molecule has 0 unspecified atom stereocenters. The number of anilines is 1. The first kappa shape index (κ1) is 14.5. The van der Waals surface area contributed by atoms with E-state index >= 15 is 0 Å². The maximum atomic E-state index is 10.7. The number of aromatic nitrogens is 2. The summed E-state index contributed by atoms with van der Waals surface area (Å²) in [7, 11) is 0. The van der Waals surface area contributed by atoms with Crippen LogP contribution in [0.25, 0.3) is 10.9 Å². The van der Waals surface area contributed by atoms with Gasteiger partial charge in [0.1, 0.15) is 12.0 Å². The minimum Gasteiger partial charge on any atom is -0.369 e. The Labute approximate surface area is 134 Å². The summed E-state index contributed by atoms with van der Waals surface area (Å²) in [6, 6.07) is 9.59. The molecule has 0 saturated carbocycles. The fourth-order valence-electron chi connectivity index (χ4n) is 2.31. The van der Waals surface area contributed by atoms with Gasteiger partial charge in [0.05, 0.1) is 9.40 Å². The molecule has 0 fully saturated rings. The van der Waals surface area contributed by atoms with Crippen LogP contribution in [0, 0.1) is 10.1 Å². The molecule has 7 heteroatoms. The number of para-hydroxylation sites is 1. The van der Waals surface area contributed by atoms with E-state index in [1.165, 1.54) is 23.2 Å². The molecule has 0 aliphatic rings. The number of rotatable bonds is 5. The fourth-order valence-corrected chi connectivity index (χ4v) is 2.79. The van der Waals surface area contributed by atoms with E-state index in [1.54, 1.807) is 0 Å². The maximum absolute atomic E-state index is 10.7. The highest BCUT2D eigenvalue weighted by Crippen LogP contribution is 2.24. The van der Waals surface area contributed by atoms with E-state index in [-0.39, 0.29) is 5.69 Å². The smallest absolute Gasteiger partial charge is 0.288 e. The van der Waals surface area contributed by atoms with Crippen LogP contribution in [0.15, 0.2) is 47.2 Å². The summed E-state index contributed by atoms with van der Waals surface area (Å²) >= 11 is 3.30. The van der Waals surface area contributed by atoms with Gasteiger partial charge in [-0.3, -0.25) is 10.1 Å². The van der Waals surface area contributed by atoms with Crippen molar-refractivity contribution >= 4 is 38.3 Å². The van der Waals surface area contributed by atoms with Crippen molar-refractivity contribution in [1.29, 1.82) is 0 Å². The molecule has 0 amide bonds. The van der Waals surface area contributed by atoms with Gasteiger partial charge in [0.25, 0.3) is 5.69 Å². The van der Waals surface area contributed by atoms with Gasteiger partial charge < -0.3 is 10.3 Å². The third-order valence-electron chi connectivity index (χ3n) is 3.40. The number of fused-ring (bicyclic) bond motifs is 1. The molecule has 0 aliphatic carbocycles. The van der Waals surface area contributed by atoms with Gasteiger partial charge >= 0.3 is 0 Å². The summed E-state index contributed by atoms with van der Waals surface area (Å²) in [6.07, 6.45) is 4.08. The Morgan fingerprint density at radius 3 is 2.95 bits per heavy atom. The highest BCUT2D eigenvalue weighted by Gasteiger charge is 2.10. The molecule has 2 N–H and O–H groups in total. The zero-order valence-electron chi connectivity index (χ0n) is 11.5. The number of pyridine rings is 1. The van der Waals surface area contributed by atoms with Crippen molar-refractivity contribution in [2.45, 2.75) is 6.42 Å². The average molecular weight is 361 g/mol. The van der Waals surface area contributed by atoms with E-state index in [0.717, 1.165) is 11.9 Å². The van der Waals surface area contributed by atoms with Crippen LogP contribution in [-0.2, 0) is 6.42 Å². The van der Waals surface area contributed by atoms with Crippen molar-refractivity contribution in [2.24, 2.45) is 0 Å². The van der Waals surface area contributed by atoms with Gasteiger partial charge in [-0.05, 0) is 34.0 Å². The van der Waals surface area contributed by atoms with E-state index in [1.807, 2.05) is 24.4 Å². The summed E-state index contributed by atoms with van der Waals surface area (Å²) in [6.45, 7) is 0.686. The molecule has 3 aromatic rings. The van der Waals surface area contributed by atoms with Gasteiger partial charge in [-0.15, -0.1) is 0 Å². The van der Waals surface area contributed by atoms with Crippen molar-refractivity contribution in [3.63, 3.8) is 0 Å². The number of nitrogens with one attached hydrogen (secondary N) is 2. The molecule has 0 bridgehead atoms. The van der Waals surface area contributed by atoms with Crippen LogP contribution in [0.1, 0.15) is 5.56 Å². The van der Waals surface area contributed by atoms with Crippen LogP contribution in [-0.4, -0.2) is 21.4 Å². The second-order valence-electron chi connectivity index (χ2n) is 4.82. The number of nitro groups is 1. The van der Waals surface area contributed by atoms with E-state index in [0.29, 0.717) is 16.8 Å². The number of H-pyrrole nitrogens is 1. The predicted molar refractivity (Wildman–Crippen MR) is 89.1 cm³/mol. The van der Waals surface area contributed by atoms with Crippen molar-refractivity contribution in [2.75, 3.05) is 11.9 Å². The first-order valence-electron chi connectivity index (χ1n) is 6.74. The van der Waals surface area contributed by atoms with Crippen LogP contribution in [0.2, 0.25) is 0 Å². The van der Waals surface area contributed by atoms with Crippen LogP contribution in [0.5, 0.6) is 0 Å². The van der Waals surface area contributed by atoms with Gasteiger partial charge in [-0.25, -0.2) is 4.98 Å². The summed E-state index contributed by atoms with van der Waals surface area (Å²) < 4.78 is 0.584. The van der Waals surface area contributed by atoms with Gasteiger partial charge in [0, 0.05) is 29.7 Å². The molecule has 0 radical (unpaired) electrons. The molecular formula is C15H13BrN4O2. The lowest BCUT2D eigenvalue weighted by Crippen LogP contribution is -2.07. The number of nitrogens with zero attached hydrogens (tertiary/aromatic N) is 2. The van der Waals surface area contributed by atoms with Gasteiger partial charge in [-0.1, -0.05) is 18.2 Å². The van der Waals surface area contributed by atoms with Crippen molar-refractivity contribution < 1.29 is 4.92 Å². The normalized spacial score (nSPS) is 10.8. The number of halogens is 1. The lowest BCUT2D eigenvalue weighted by Gasteiger charge is -2.07. The van der Waals surface area contributed by atoms with E-state index in [2.05, 4.69) is 37.3 Å². The number of hydrogen-bond acceptors (Lipinski definition) is 4. The largest absolute Gasteiger partial charge is 0.369 e. The van der Waals surface area contributed by atoms with Gasteiger partial charge in [-0.2, -0.15) is 0 Å². The van der Waals surface area contributed by atoms with Gasteiger partial charge in [0.2, 0.25) is 0 Å². The Hall–Kier alpha value is -2.41. The first-order chi connectivity index (χ1) is 10.6. The molecule has 6 nitrogen and oxygen atoms in total. The van der Waals surface area contributed by atoms with Crippen LogP contribution in [0.4, 0.5) is 11.5 Å². The lowest BCUT2D eigenvalue weighted by atomic mass is 10.1. The van der Waals surface area contributed by atoms with Crippen LogP contribution >= 0.6 is 15.9 Å².